The second-order valence-corrected chi connectivity index (χ2v) is 5.63. The Labute approximate surface area is 130 Å². The molecule has 1 rings (SSSR count). The third-order valence-electron chi connectivity index (χ3n) is 3.66. The lowest BCUT2D eigenvalue weighted by atomic mass is 10.2. The van der Waals surface area contributed by atoms with E-state index >= 15 is 0 Å². The molecule has 0 aliphatic carbocycles. The summed E-state index contributed by atoms with van der Waals surface area (Å²) in [5.74, 6) is 0.964. The van der Waals surface area contributed by atoms with Crippen LogP contribution in [0.25, 0.3) is 0 Å². The number of hydrogen-bond acceptors (Lipinski definition) is 3. The van der Waals surface area contributed by atoms with Crippen molar-refractivity contribution < 1.29 is 4.74 Å². The van der Waals surface area contributed by atoms with Crippen LogP contribution in [-0.4, -0.2) is 25.7 Å². The number of rotatable bonds is 12. The molecule has 0 radical (unpaired) electrons. The smallest absolute Gasteiger partial charge is 0.121 e. The lowest BCUT2D eigenvalue weighted by Crippen LogP contribution is -2.30. The zero-order valence-electron chi connectivity index (χ0n) is 14.0. The van der Waals surface area contributed by atoms with Gasteiger partial charge in [-0.15, -0.1) is 0 Å². The van der Waals surface area contributed by atoms with Crippen molar-refractivity contribution >= 4 is 5.69 Å². The van der Waals surface area contributed by atoms with Crippen LogP contribution in [0.3, 0.4) is 0 Å². The van der Waals surface area contributed by atoms with Crippen molar-refractivity contribution in [2.45, 2.75) is 58.9 Å². The molecule has 1 unspecified atom stereocenters. The van der Waals surface area contributed by atoms with Crippen LogP contribution in [0.4, 0.5) is 5.69 Å². The molecule has 0 amide bonds. The van der Waals surface area contributed by atoms with Gasteiger partial charge in [-0.3, -0.25) is 0 Å². The van der Waals surface area contributed by atoms with Crippen LogP contribution in [-0.2, 0) is 0 Å². The zero-order chi connectivity index (χ0) is 15.3. The van der Waals surface area contributed by atoms with Crippen LogP contribution in [0.1, 0.15) is 52.9 Å². The number of anilines is 1. The highest BCUT2D eigenvalue weighted by Crippen LogP contribution is 2.17. The first-order valence-electron chi connectivity index (χ1n) is 8.46. The molecule has 0 aromatic heterocycles. The summed E-state index contributed by atoms with van der Waals surface area (Å²) in [7, 11) is 0. The van der Waals surface area contributed by atoms with Crippen LogP contribution in [0.2, 0.25) is 0 Å². The quantitative estimate of drug-likeness (QED) is 0.559. The van der Waals surface area contributed by atoms with Gasteiger partial charge in [0.05, 0.1) is 6.61 Å². The summed E-state index contributed by atoms with van der Waals surface area (Å²) in [6, 6.07) is 8.84. The highest BCUT2D eigenvalue weighted by Gasteiger charge is 1.98. The highest BCUT2D eigenvalue weighted by molar-refractivity contribution is 5.48. The molecule has 21 heavy (non-hydrogen) atoms. The monoisotopic (exact) mass is 292 g/mol. The first-order chi connectivity index (χ1) is 10.3. The van der Waals surface area contributed by atoms with Gasteiger partial charge in [0.25, 0.3) is 0 Å². The molecule has 3 nitrogen and oxygen atoms in total. The van der Waals surface area contributed by atoms with E-state index in [9.17, 15) is 0 Å². The highest BCUT2D eigenvalue weighted by atomic mass is 16.5. The molecule has 120 valence electrons. The van der Waals surface area contributed by atoms with E-state index in [2.05, 4.69) is 43.5 Å². The van der Waals surface area contributed by atoms with Crippen molar-refractivity contribution in [2.75, 3.05) is 25.0 Å². The molecule has 0 bridgehead atoms. The summed E-state index contributed by atoms with van der Waals surface area (Å²) < 4.78 is 5.80. The van der Waals surface area contributed by atoms with Crippen LogP contribution >= 0.6 is 0 Å². The topological polar surface area (TPSA) is 33.3 Å². The van der Waals surface area contributed by atoms with Gasteiger partial charge in [0.15, 0.2) is 0 Å². The van der Waals surface area contributed by atoms with Crippen molar-refractivity contribution in [1.82, 2.24) is 5.32 Å². The van der Waals surface area contributed by atoms with E-state index in [1.54, 1.807) is 0 Å². The van der Waals surface area contributed by atoms with E-state index in [-0.39, 0.29) is 0 Å². The van der Waals surface area contributed by atoms with E-state index in [1.165, 1.54) is 25.7 Å². The summed E-state index contributed by atoms with van der Waals surface area (Å²) in [4.78, 5) is 0. The Bertz CT molecular complexity index is 368. The second kappa shape index (κ2) is 11.4. The standard InChI is InChI=1S/C18H32N2O/c1-4-6-7-8-14-21-18-11-9-10-17(15-18)20-13-12-19-16(3)5-2/h9-11,15-16,19-20H,4-8,12-14H2,1-3H3. The van der Waals surface area contributed by atoms with Gasteiger partial charge in [-0.1, -0.05) is 39.2 Å². The molecule has 1 aromatic rings. The lowest BCUT2D eigenvalue weighted by molar-refractivity contribution is 0.305. The number of ether oxygens (including phenoxy) is 1. The molecule has 1 atom stereocenters. The van der Waals surface area contributed by atoms with Gasteiger partial charge in [0.1, 0.15) is 5.75 Å². The number of benzene rings is 1. The molecule has 3 heteroatoms. The number of nitrogens with one attached hydrogen (secondary N) is 2. The van der Waals surface area contributed by atoms with Gasteiger partial charge in [-0.2, -0.15) is 0 Å². The Morgan fingerprint density at radius 1 is 1.10 bits per heavy atom. The minimum Gasteiger partial charge on any atom is -0.494 e. The summed E-state index contributed by atoms with van der Waals surface area (Å²) in [6.07, 6.45) is 6.14. The zero-order valence-corrected chi connectivity index (χ0v) is 14.0. The minimum absolute atomic E-state index is 0.588. The van der Waals surface area contributed by atoms with Crippen molar-refractivity contribution in [3.63, 3.8) is 0 Å². The first kappa shape index (κ1) is 17.8. The van der Waals surface area contributed by atoms with Gasteiger partial charge in [-0.25, -0.2) is 0 Å². The van der Waals surface area contributed by atoms with Crippen molar-refractivity contribution in [3.05, 3.63) is 24.3 Å². The van der Waals surface area contributed by atoms with Gasteiger partial charge >= 0.3 is 0 Å². The third-order valence-corrected chi connectivity index (χ3v) is 3.66. The van der Waals surface area contributed by atoms with Crippen LogP contribution in [0.15, 0.2) is 24.3 Å². The van der Waals surface area contributed by atoms with Gasteiger partial charge in [0.2, 0.25) is 0 Å². The van der Waals surface area contributed by atoms with E-state index in [1.807, 2.05) is 12.1 Å². The predicted molar refractivity (Wildman–Crippen MR) is 92.3 cm³/mol. The molecule has 0 fully saturated rings. The molecule has 1 aromatic carbocycles. The number of hydrogen-bond donors (Lipinski definition) is 2. The Kier molecular flexibility index (Phi) is 9.71. The van der Waals surface area contributed by atoms with E-state index in [0.29, 0.717) is 6.04 Å². The number of unbranched alkanes of at least 4 members (excludes halogenated alkanes) is 3. The van der Waals surface area contributed by atoms with Crippen LogP contribution < -0.4 is 15.4 Å². The van der Waals surface area contributed by atoms with Gasteiger partial charge in [-0.05, 0) is 31.9 Å². The molecule has 0 aliphatic rings. The first-order valence-corrected chi connectivity index (χ1v) is 8.46. The molecular weight excluding hydrogens is 260 g/mol. The third kappa shape index (κ3) is 8.61. The Morgan fingerprint density at radius 2 is 1.95 bits per heavy atom. The lowest BCUT2D eigenvalue weighted by Gasteiger charge is -2.13. The molecule has 0 saturated carbocycles. The molecule has 0 saturated heterocycles. The van der Waals surface area contributed by atoms with Crippen molar-refractivity contribution in [1.29, 1.82) is 0 Å². The maximum absolute atomic E-state index is 5.80. The summed E-state index contributed by atoms with van der Waals surface area (Å²) in [5, 5.41) is 6.91. The molecule has 0 heterocycles. The fraction of sp³-hybridized carbons (Fsp3) is 0.667. The summed E-state index contributed by atoms with van der Waals surface area (Å²) >= 11 is 0. The maximum Gasteiger partial charge on any atom is 0.121 e. The molecule has 0 spiro atoms. The van der Waals surface area contributed by atoms with E-state index < -0.39 is 0 Å². The summed E-state index contributed by atoms with van der Waals surface area (Å²) in [5.41, 5.74) is 1.13. The predicted octanol–water partition coefficient (Wildman–Crippen LogP) is 4.45. The fourth-order valence-electron chi connectivity index (χ4n) is 2.08. The Balaban J connectivity index is 2.22. The minimum atomic E-state index is 0.588. The Morgan fingerprint density at radius 3 is 2.71 bits per heavy atom. The molecular formula is C18H32N2O. The average molecular weight is 292 g/mol. The fourth-order valence-corrected chi connectivity index (χ4v) is 2.08. The van der Waals surface area contributed by atoms with Crippen molar-refractivity contribution in [3.8, 4) is 5.75 Å². The largest absolute Gasteiger partial charge is 0.494 e. The van der Waals surface area contributed by atoms with E-state index in [0.717, 1.165) is 37.6 Å². The Hall–Kier alpha value is -1.22. The maximum atomic E-state index is 5.80. The normalized spacial score (nSPS) is 12.1. The molecule has 2 N–H and O–H groups in total. The SMILES string of the molecule is CCCCCCOc1cccc(NCCNC(C)CC)c1. The second-order valence-electron chi connectivity index (χ2n) is 5.63. The average Bonchev–Trinajstić information content (AvgIpc) is 2.51. The van der Waals surface area contributed by atoms with E-state index in [4.69, 9.17) is 4.74 Å². The summed E-state index contributed by atoms with van der Waals surface area (Å²) in [6.45, 7) is 9.38. The molecule has 0 aliphatic heterocycles. The van der Waals surface area contributed by atoms with Crippen LogP contribution in [0.5, 0.6) is 5.75 Å². The van der Waals surface area contributed by atoms with Crippen LogP contribution in [0, 0.1) is 0 Å². The van der Waals surface area contributed by atoms with Crippen molar-refractivity contribution in [2.24, 2.45) is 0 Å². The van der Waals surface area contributed by atoms with Gasteiger partial charge < -0.3 is 15.4 Å². The van der Waals surface area contributed by atoms with Gasteiger partial charge in [0, 0.05) is 30.9 Å².